The number of rotatable bonds is 3. The van der Waals surface area contributed by atoms with Gasteiger partial charge in [-0.1, -0.05) is 23.2 Å². The SMILES string of the molecule is CC1(C)OB(C(=Cc2ncc(Cl)cc2Cl)CS)OC1(C)C. The third kappa shape index (κ3) is 3.59. The van der Waals surface area contributed by atoms with Gasteiger partial charge < -0.3 is 9.31 Å². The largest absolute Gasteiger partial charge is 0.491 e. The number of hydrogen-bond donors (Lipinski definition) is 1. The highest BCUT2D eigenvalue weighted by molar-refractivity contribution is 7.80. The molecule has 0 amide bonds. The van der Waals surface area contributed by atoms with E-state index in [0.29, 0.717) is 21.5 Å². The molecule has 1 aromatic heterocycles. The van der Waals surface area contributed by atoms with Gasteiger partial charge in [0.25, 0.3) is 0 Å². The Labute approximate surface area is 141 Å². The lowest BCUT2D eigenvalue weighted by molar-refractivity contribution is 0.00578. The van der Waals surface area contributed by atoms with Gasteiger partial charge >= 0.3 is 7.12 Å². The van der Waals surface area contributed by atoms with Gasteiger partial charge in [0.05, 0.1) is 26.9 Å². The van der Waals surface area contributed by atoms with Gasteiger partial charge in [-0.15, -0.1) is 0 Å². The van der Waals surface area contributed by atoms with E-state index < -0.39 is 18.3 Å². The van der Waals surface area contributed by atoms with Crippen molar-refractivity contribution >= 4 is 49.0 Å². The zero-order valence-corrected chi connectivity index (χ0v) is 14.9. The predicted octanol–water partition coefficient (Wildman–Crippen LogP) is 4.33. The topological polar surface area (TPSA) is 31.4 Å². The fraction of sp³-hybridized carbons (Fsp3) is 0.500. The molecule has 0 atom stereocenters. The Kier molecular flexibility index (Phi) is 5.01. The van der Waals surface area contributed by atoms with E-state index in [-0.39, 0.29) is 0 Å². The summed E-state index contributed by atoms with van der Waals surface area (Å²) in [7, 11) is -0.457. The lowest BCUT2D eigenvalue weighted by Gasteiger charge is -2.32. The number of hydrogen-bond acceptors (Lipinski definition) is 4. The first-order chi connectivity index (χ1) is 9.66. The van der Waals surface area contributed by atoms with Crippen molar-refractivity contribution in [1.82, 2.24) is 4.98 Å². The van der Waals surface area contributed by atoms with Crippen LogP contribution in [-0.2, 0) is 9.31 Å². The fourth-order valence-electron chi connectivity index (χ4n) is 1.89. The number of pyridine rings is 1. The van der Waals surface area contributed by atoms with Crippen LogP contribution in [0.15, 0.2) is 17.7 Å². The van der Waals surface area contributed by atoms with Crippen molar-refractivity contribution in [3.63, 3.8) is 0 Å². The van der Waals surface area contributed by atoms with Crippen LogP contribution >= 0.6 is 35.8 Å². The van der Waals surface area contributed by atoms with Crippen LogP contribution in [0.5, 0.6) is 0 Å². The molecule has 0 N–H and O–H groups in total. The first-order valence-electron chi connectivity index (χ1n) is 6.64. The molecular weight excluding hydrogens is 328 g/mol. The average molecular weight is 346 g/mol. The van der Waals surface area contributed by atoms with Crippen LogP contribution in [0.25, 0.3) is 6.08 Å². The van der Waals surface area contributed by atoms with Crippen LogP contribution in [0, 0.1) is 0 Å². The molecule has 0 saturated carbocycles. The number of halogens is 2. The van der Waals surface area contributed by atoms with Gasteiger partial charge in [0, 0.05) is 11.9 Å². The summed E-state index contributed by atoms with van der Waals surface area (Å²) in [4.78, 5) is 4.22. The minimum atomic E-state index is -0.457. The summed E-state index contributed by atoms with van der Waals surface area (Å²) in [6.45, 7) is 8.04. The number of nitrogens with zero attached hydrogens (tertiary/aromatic N) is 1. The normalized spacial score (nSPS) is 20.9. The smallest absolute Gasteiger partial charge is 0.400 e. The summed E-state index contributed by atoms with van der Waals surface area (Å²) in [5.74, 6) is 0.484. The molecular formula is C14H18BCl2NO2S. The van der Waals surface area contributed by atoms with E-state index >= 15 is 0 Å². The predicted molar refractivity (Wildman–Crippen MR) is 92.2 cm³/mol. The Morgan fingerprint density at radius 1 is 1.29 bits per heavy atom. The first-order valence-corrected chi connectivity index (χ1v) is 8.03. The van der Waals surface area contributed by atoms with Crippen molar-refractivity contribution in [1.29, 1.82) is 0 Å². The molecule has 0 bridgehead atoms. The Morgan fingerprint density at radius 3 is 2.33 bits per heavy atom. The van der Waals surface area contributed by atoms with Gasteiger partial charge in [0.2, 0.25) is 0 Å². The van der Waals surface area contributed by atoms with Crippen molar-refractivity contribution in [2.24, 2.45) is 0 Å². The zero-order valence-electron chi connectivity index (χ0n) is 12.5. The van der Waals surface area contributed by atoms with Crippen molar-refractivity contribution in [2.45, 2.75) is 38.9 Å². The summed E-state index contributed by atoms with van der Waals surface area (Å²) in [5, 5.41) is 0.985. The summed E-state index contributed by atoms with van der Waals surface area (Å²) in [5.41, 5.74) is 0.710. The highest BCUT2D eigenvalue weighted by Crippen LogP contribution is 2.39. The number of thiol groups is 1. The molecule has 2 heterocycles. The Morgan fingerprint density at radius 2 is 1.86 bits per heavy atom. The van der Waals surface area contributed by atoms with E-state index in [1.807, 2.05) is 33.8 Å². The van der Waals surface area contributed by atoms with Gasteiger partial charge in [0.1, 0.15) is 0 Å². The Bertz CT molecular complexity index is 562. The Hall–Kier alpha value is -0.195. The molecule has 1 saturated heterocycles. The van der Waals surface area contributed by atoms with Crippen molar-refractivity contribution < 1.29 is 9.31 Å². The quantitative estimate of drug-likeness (QED) is 0.653. The zero-order chi connectivity index (χ0) is 15.8. The molecule has 2 rings (SSSR count). The van der Waals surface area contributed by atoms with Gasteiger partial charge in [-0.05, 0) is 45.3 Å². The molecule has 1 aliphatic rings. The lowest BCUT2D eigenvalue weighted by Crippen LogP contribution is -2.41. The molecule has 114 valence electrons. The molecule has 3 nitrogen and oxygen atoms in total. The van der Waals surface area contributed by atoms with Gasteiger partial charge in [-0.3, -0.25) is 4.98 Å². The number of aromatic nitrogens is 1. The van der Waals surface area contributed by atoms with Crippen LogP contribution in [0.1, 0.15) is 33.4 Å². The summed E-state index contributed by atoms with van der Waals surface area (Å²) in [6.07, 6.45) is 3.40. The van der Waals surface area contributed by atoms with Crippen molar-refractivity contribution in [3.05, 3.63) is 33.5 Å². The highest BCUT2D eigenvalue weighted by atomic mass is 35.5. The van der Waals surface area contributed by atoms with E-state index in [2.05, 4.69) is 17.6 Å². The van der Waals surface area contributed by atoms with Gasteiger partial charge in [-0.25, -0.2) is 0 Å². The summed E-state index contributed by atoms with van der Waals surface area (Å²) in [6, 6.07) is 1.66. The molecule has 1 aromatic rings. The molecule has 7 heteroatoms. The van der Waals surface area contributed by atoms with E-state index in [1.54, 1.807) is 12.3 Å². The standard InChI is InChI=1S/C14H18BCl2NO2S/c1-13(2)14(3,4)20-15(19-13)9(8-21)5-12-11(17)6-10(16)7-18-12/h5-7,21H,8H2,1-4H3. The van der Waals surface area contributed by atoms with E-state index in [0.717, 1.165) is 5.47 Å². The van der Waals surface area contributed by atoms with E-state index in [4.69, 9.17) is 32.5 Å². The summed E-state index contributed by atoms with van der Waals surface area (Å²) >= 11 is 16.4. The van der Waals surface area contributed by atoms with Crippen LogP contribution in [-0.4, -0.2) is 29.1 Å². The van der Waals surface area contributed by atoms with Gasteiger partial charge in [0.15, 0.2) is 0 Å². The van der Waals surface area contributed by atoms with Crippen molar-refractivity contribution in [2.75, 3.05) is 5.75 Å². The van der Waals surface area contributed by atoms with E-state index in [9.17, 15) is 0 Å². The second kappa shape index (κ2) is 6.13. The van der Waals surface area contributed by atoms with E-state index in [1.165, 1.54) is 0 Å². The van der Waals surface area contributed by atoms with Crippen LogP contribution in [0.2, 0.25) is 10.0 Å². The first kappa shape index (κ1) is 17.2. The van der Waals surface area contributed by atoms with Crippen molar-refractivity contribution in [3.8, 4) is 0 Å². The lowest BCUT2D eigenvalue weighted by atomic mass is 9.78. The van der Waals surface area contributed by atoms with Crippen LogP contribution in [0.4, 0.5) is 0 Å². The van der Waals surface area contributed by atoms with Gasteiger partial charge in [-0.2, -0.15) is 12.6 Å². The Balaban J connectivity index is 2.31. The fourth-order valence-corrected chi connectivity index (χ4v) is 2.56. The highest BCUT2D eigenvalue weighted by Gasteiger charge is 2.52. The molecule has 0 radical (unpaired) electrons. The minimum Gasteiger partial charge on any atom is -0.400 e. The maximum atomic E-state index is 6.15. The minimum absolute atomic E-state index is 0.392. The molecule has 0 aromatic carbocycles. The van der Waals surface area contributed by atoms with Crippen LogP contribution < -0.4 is 0 Å². The molecule has 0 spiro atoms. The monoisotopic (exact) mass is 345 g/mol. The summed E-state index contributed by atoms with van der Waals surface area (Å²) < 4.78 is 12.0. The third-order valence-corrected chi connectivity index (χ3v) is 4.77. The average Bonchev–Trinajstić information content (AvgIpc) is 2.57. The van der Waals surface area contributed by atoms with Crippen LogP contribution in [0.3, 0.4) is 0 Å². The molecule has 21 heavy (non-hydrogen) atoms. The maximum absolute atomic E-state index is 6.15. The molecule has 0 unspecified atom stereocenters. The second-order valence-electron chi connectivity index (χ2n) is 5.99. The molecule has 1 fully saturated rings. The third-order valence-electron chi connectivity index (χ3n) is 3.90. The maximum Gasteiger partial charge on any atom is 0.491 e. The molecule has 1 aliphatic heterocycles. The second-order valence-corrected chi connectivity index (χ2v) is 7.15. The molecule has 0 aliphatic carbocycles.